The first-order valence-corrected chi connectivity index (χ1v) is 10.6. The molecule has 2 amide bonds. The first-order valence-electron chi connectivity index (χ1n) is 9.10. The molecule has 0 spiro atoms. The normalized spacial score (nSPS) is 13.6. The van der Waals surface area contributed by atoms with Crippen LogP contribution in [0.25, 0.3) is 0 Å². The highest BCUT2D eigenvalue weighted by Crippen LogP contribution is 2.29. The molecule has 1 aromatic carbocycles. The van der Waals surface area contributed by atoms with E-state index in [1.165, 1.54) is 18.4 Å². The van der Waals surface area contributed by atoms with Crippen LogP contribution in [0.3, 0.4) is 0 Å². The third-order valence-corrected chi connectivity index (χ3v) is 6.75. The van der Waals surface area contributed by atoms with Gasteiger partial charge in [-0.2, -0.15) is 0 Å². The van der Waals surface area contributed by atoms with E-state index in [2.05, 4.69) is 10.6 Å². The van der Waals surface area contributed by atoms with Gasteiger partial charge in [-0.05, 0) is 62.6 Å². The van der Waals surface area contributed by atoms with Crippen molar-refractivity contribution in [1.82, 2.24) is 10.6 Å². The van der Waals surface area contributed by atoms with Crippen molar-refractivity contribution in [2.24, 2.45) is 0 Å². The molecule has 0 radical (unpaired) electrons. The Kier molecular flexibility index (Phi) is 7.01. The van der Waals surface area contributed by atoms with Gasteiger partial charge in [0.2, 0.25) is 0 Å². The monoisotopic (exact) mass is 406 g/mol. The SMILES string of the molecule is CC[C@@H](C)NC(=O)C(=O)NC[C@H](c1ccco1)S(=O)(=O)c1ccc(C)c(C)c1. The third-order valence-electron chi connectivity index (χ3n) is 4.69. The molecule has 2 atom stereocenters. The molecule has 0 saturated carbocycles. The minimum absolute atomic E-state index is 0.135. The van der Waals surface area contributed by atoms with Gasteiger partial charge in [-0.25, -0.2) is 8.42 Å². The Labute approximate surface area is 165 Å². The van der Waals surface area contributed by atoms with Crippen molar-refractivity contribution in [3.8, 4) is 0 Å². The average Bonchev–Trinajstić information content (AvgIpc) is 3.17. The van der Waals surface area contributed by atoms with Gasteiger partial charge in [-0.15, -0.1) is 0 Å². The maximum absolute atomic E-state index is 13.2. The fourth-order valence-corrected chi connectivity index (χ4v) is 4.22. The van der Waals surface area contributed by atoms with Gasteiger partial charge in [-0.3, -0.25) is 9.59 Å². The number of hydrogen-bond donors (Lipinski definition) is 2. The largest absolute Gasteiger partial charge is 0.468 e. The predicted molar refractivity (Wildman–Crippen MR) is 105 cm³/mol. The molecule has 8 heteroatoms. The summed E-state index contributed by atoms with van der Waals surface area (Å²) in [5.41, 5.74) is 1.82. The lowest BCUT2D eigenvalue weighted by Gasteiger charge is -2.18. The van der Waals surface area contributed by atoms with E-state index in [0.29, 0.717) is 6.42 Å². The minimum Gasteiger partial charge on any atom is -0.468 e. The van der Waals surface area contributed by atoms with Crippen LogP contribution in [0.4, 0.5) is 0 Å². The van der Waals surface area contributed by atoms with Crippen LogP contribution in [-0.2, 0) is 19.4 Å². The van der Waals surface area contributed by atoms with E-state index < -0.39 is 26.9 Å². The van der Waals surface area contributed by atoms with Gasteiger partial charge in [0.1, 0.15) is 11.0 Å². The molecule has 0 aliphatic rings. The summed E-state index contributed by atoms with van der Waals surface area (Å²) in [6.07, 6.45) is 2.05. The Morgan fingerprint density at radius 1 is 1.11 bits per heavy atom. The number of sulfone groups is 1. The molecule has 0 saturated heterocycles. The topological polar surface area (TPSA) is 105 Å². The zero-order valence-electron chi connectivity index (χ0n) is 16.5. The van der Waals surface area contributed by atoms with Gasteiger partial charge in [0, 0.05) is 12.6 Å². The van der Waals surface area contributed by atoms with Crippen molar-refractivity contribution >= 4 is 21.7 Å². The second kappa shape index (κ2) is 9.05. The summed E-state index contributed by atoms with van der Waals surface area (Å²) in [5.74, 6) is -1.48. The number of nitrogens with one attached hydrogen (secondary N) is 2. The molecule has 0 fully saturated rings. The number of hydrogen-bond acceptors (Lipinski definition) is 5. The van der Waals surface area contributed by atoms with Crippen LogP contribution in [0.15, 0.2) is 45.9 Å². The number of rotatable bonds is 7. The molecule has 0 bridgehead atoms. The van der Waals surface area contributed by atoms with Gasteiger partial charge in [0.15, 0.2) is 9.84 Å². The molecule has 0 unspecified atom stereocenters. The van der Waals surface area contributed by atoms with Crippen molar-refractivity contribution in [3.05, 3.63) is 53.5 Å². The number of carbonyl (C=O) groups is 2. The van der Waals surface area contributed by atoms with Crippen LogP contribution in [0.2, 0.25) is 0 Å². The molecule has 7 nitrogen and oxygen atoms in total. The summed E-state index contributed by atoms with van der Waals surface area (Å²) >= 11 is 0. The molecule has 152 valence electrons. The van der Waals surface area contributed by atoms with E-state index in [1.807, 2.05) is 20.8 Å². The summed E-state index contributed by atoms with van der Waals surface area (Å²) in [4.78, 5) is 24.1. The van der Waals surface area contributed by atoms with Crippen LogP contribution in [-0.4, -0.2) is 32.8 Å². The van der Waals surface area contributed by atoms with Crippen LogP contribution >= 0.6 is 0 Å². The molecule has 1 aromatic heterocycles. The lowest BCUT2D eigenvalue weighted by Crippen LogP contribution is -2.45. The van der Waals surface area contributed by atoms with E-state index in [9.17, 15) is 18.0 Å². The number of furan rings is 1. The molecule has 28 heavy (non-hydrogen) atoms. The van der Waals surface area contributed by atoms with Crippen molar-refractivity contribution in [2.75, 3.05) is 6.54 Å². The quantitative estimate of drug-likeness (QED) is 0.687. The van der Waals surface area contributed by atoms with Gasteiger partial charge >= 0.3 is 11.8 Å². The average molecular weight is 407 g/mol. The zero-order chi connectivity index (χ0) is 20.9. The van der Waals surface area contributed by atoms with Gasteiger partial charge < -0.3 is 15.1 Å². The van der Waals surface area contributed by atoms with E-state index in [1.54, 1.807) is 25.1 Å². The first kappa shape index (κ1) is 21.7. The third kappa shape index (κ3) is 5.01. The molecule has 0 aliphatic carbocycles. The van der Waals surface area contributed by atoms with E-state index in [0.717, 1.165) is 11.1 Å². The summed E-state index contributed by atoms with van der Waals surface area (Å²) in [7, 11) is -3.85. The van der Waals surface area contributed by atoms with Crippen LogP contribution in [0.5, 0.6) is 0 Å². The van der Waals surface area contributed by atoms with Gasteiger partial charge in [0.25, 0.3) is 0 Å². The molecular formula is C20H26N2O5S. The Hall–Kier alpha value is -2.61. The van der Waals surface area contributed by atoms with Crippen LogP contribution in [0.1, 0.15) is 42.4 Å². The lowest BCUT2D eigenvalue weighted by atomic mass is 10.1. The van der Waals surface area contributed by atoms with Gasteiger partial charge in [0.05, 0.1) is 11.2 Å². The summed E-state index contributed by atoms with van der Waals surface area (Å²) in [6, 6.07) is 7.82. The standard InChI is InChI=1S/C20H26N2O5S/c1-5-15(4)22-20(24)19(23)21-12-18(17-7-6-10-27-17)28(25,26)16-9-8-13(2)14(3)11-16/h6-11,15,18H,5,12H2,1-4H3,(H,21,23)(H,22,24)/t15-,18-/m1/s1. The van der Waals surface area contributed by atoms with Crippen molar-refractivity contribution < 1.29 is 22.4 Å². The Morgan fingerprint density at radius 3 is 2.39 bits per heavy atom. The highest BCUT2D eigenvalue weighted by Gasteiger charge is 2.32. The second-order valence-corrected chi connectivity index (χ2v) is 8.92. The zero-order valence-corrected chi connectivity index (χ0v) is 17.3. The summed E-state index contributed by atoms with van der Waals surface area (Å²) in [6.45, 7) is 7.10. The molecule has 2 N–H and O–H groups in total. The lowest BCUT2D eigenvalue weighted by molar-refractivity contribution is -0.139. The minimum atomic E-state index is -3.85. The number of aryl methyl sites for hydroxylation is 2. The Bertz CT molecular complexity index is 936. The molecule has 2 aromatic rings. The maximum atomic E-state index is 13.2. The van der Waals surface area contributed by atoms with E-state index >= 15 is 0 Å². The first-order chi connectivity index (χ1) is 13.2. The molecular weight excluding hydrogens is 380 g/mol. The molecule has 2 rings (SSSR count). The van der Waals surface area contributed by atoms with Crippen LogP contribution in [0, 0.1) is 13.8 Å². The summed E-state index contributed by atoms with van der Waals surface area (Å²) in [5, 5.41) is 3.81. The van der Waals surface area contributed by atoms with Gasteiger partial charge in [-0.1, -0.05) is 13.0 Å². The smallest absolute Gasteiger partial charge is 0.309 e. The van der Waals surface area contributed by atoms with E-state index in [4.69, 9.17) is 4.42 Å². The predicted octanol–water partition coefficient (Wildman–Crippen LogP) is 2.44. The molecule has 1 heterocycles. The summed E-state index contributed by atoms with van der Waals surface area (Å²) < 4.78 is 31.7. The highest BCUT2D eigenvalue weighted by atomic mass is 32.2. The fraction of sp³-hybridized carbons (Fsp3) is 0.400. The highest BCUT2D eigenvalue weighted by molar-refractivity contribution is 7.91. The molecule has 0 aliphatic heterocycles. The number of amides is 2. The van der Waals surface area contributed by atoms with Crippen molar-refractivity contribution in [3.63, 3.8) is 0 Å². The Balaban J connectivity index is 2.25. The van der Waals surface area contributed by atoms with Crippen molar-refractivity contribution in [2.45, 2.75) is 50.3 Å². The van der Waals surface area contributed by atoms with E-state index in [-0.39, 0.29) is 23.2 Å². The number of benzene rings is 1. The maximum Gasteiger partial charge on any atom is 0.309 e. The second-order valence-electron chi connectivity index (χ2n) is 6.79. The van der Waals surface area contributed by atoms with Crippen LogP contribution < -0.4 is 10.6 Å². The fourth-order valence-electron chi connectivity index (χ4n) is 2.55. The number of carbonyl (C=O) groups excluding carboxylic acids is 2. The Morgan fingerprint density at radius 2 is 1.82 bits per heavy atom. The van der Waals surface area contributed by atoms with Crippen molar-refractivity contribution in [1.29, 1.82) is 0 Å².